The van der Waals surface area contributed by atoms with Crippen LogP contribution >= 0.6 is 19.8 Å². The fourth-order valence-electron chi connectivity index (χ4n) is 2.48. The van der Waals surface area contributed by atoms with E-state index in [1.54, 1.807) is 0 Å². The summed E-state index contributed by atoms with van der Waals surface area (Å²) in [6.45, 7) is 0.544. The Balaban J connectivity index is 1.70. The van der Waals surface area contributed by atoms with Gasteiger partial charge in [-0.2, -0.15) is 4.98 Å². The molecular weight excluding hydrogens is 441 g/mol. The minimum atomic E-state index is -1.95. The van der Waals surface area contributed by atoms with Crippen LogP contribution in [0.5, 0.6) is 0 Å². The average molecular weight is 459 g/mol. The first kappa shape index (κ1) is 22.1. The molecule has 3 aromatic heterocycles. The predicted octanol–water partition coefficient (Wildman–Crippen LogP) is -1.27. The van der Waals surface area contributed by atoms with E-state index in [0.717, 1.165) is 4.57 Å². The highest BCUT2D eigenvalue weighted by atomic mass is 32.7. The van der Waals surface area contributed by atoms with Crippen molar-refractivity contribution < 1.29 is 19.3 Å². The third-order valence-electron chi connectivity index (χ3n) is 3.93. The number of fused-ring (bicyclic) bond motifs is 1. The normalized spacial score (nSPS) is 14.7. The molecule has 6 N–H and O–H groups in total. The summed E-state index contributed by atoms with van der Waals surface area (Å²) in [5, 5.41) is 19.8. The lowest BCUT2D eigenvalue weighted by atomic mass is 10.4. The molecule has 0 amide bonds. The lowest BCUT2D eigenvalue weighted by Gasteiger charge is -2.22. The molecule has 3 unspecified atom stereocenters. The molecule has 16 heteroatoms. The van der Waals surface area contributed by atoms with E-state index in [1.807, 2.05) is 0 Å². The smallest absolute Gasteiger partial charge is 0.330 e. The van der Waals surface area contributed by atoms with Crippen molar-refractivity contribution in [2.75, 3.05) is 18.9 Å². The molecule has 30 heavy (non-hydrogen) atoms. The van der Waals surface area contributed by atoms with Crippen LogP contribution in [-0.2, 0) is 9.05 Å². The summed E-state index contributed by atoms with van der Waals surface area (Å²) in [4.78, 5) is 47.3. The molecule has 0 fully saturated rings. The summed E-state index contributed by atoms with van der Waals surface area (Å²) in [6, 6.07) is 0. The van der Waals surface area contributed by atoms with E-state index in [4.69, 9.17) is 14.8 Å². The lowest BCUT2D eigenvalue weighted by molar-refractivity contribution is 0.0285. The average Bonchev–Trinajstić information content (AvgIpc) is 3.11. The SMILES string of the molecule is Cc1cn(C(O)COP(S)OC(CO)n2cnc3c(=O)[nH]c(N)nc32)c(=O)[nH]c1=O. The number of nitrogens with one attached hydrogen (secondary N) is 2. The quantitative estimate of drug-likeness (QED) is 0.174. The highest BCUT2D eigenvalue weighted by Crippen LogP contribution is 2.47. The Morgan fingerprint density at radius 3 is 2.73 bits per heavy atom. The topological polar surface area (TPSA) is 203 Å². The van der Waals surface area contributed by atoms with Gasteiger partial charge in [-0.05, 0) is 6.92 Å². The van der Waals surface area contributed by atoms with Gasteiger partial charge in [0, 0.05) is 11.8 Å². The van der Waals surface area contributed by atoms with Gasteiger partial charge in [0.2, 0.25) is 13.5 Å². The van der Waals surface area contributed by atoms with Crippen molar-refractivity contribution in [1.82, 2.24) is 29.1 Å². The summed E-state index contributed by atoms with van der Waals surface area (Å²) in [5.41, 5.74) is 3.93. The monoisotopic (exact) mass is 459 g/mol. The van der Waals surface area contributed by atoms with Gasteiger partial charge in [-0.25, -0.2) is 9.78 Å². The number of hydrogen-bond acceptors (Lipinski definition) is 11. The Hall–Kier alpha value is -2.55. The van der Waals surface area contributed by atoms with Crippen LogP contribution in [0.25, 0.3) is 11.2 Å². The third-order valence-corrected chi connectivity index (χ3v) is 5.35. The Morgan fingerprint density at radius 1 is 1.30 bits per heavy atom. The number of thiol groups is 1. The number of aryl methyl sites for hydroxylation is 1. The standard InChI is InChI=1S/C14H18N7O7PS/c1-6-2-20(14(26)19-11(6)24)7(23)4-27-29(30)28-8(3-22)21-5-16-9-10(21)17-13(15)18-12(9)25/h2,5,7-8,22-23,30H,3-4H2,1H3,(H,19,24,26)(H3,15,17,18,25). The van der Waals surface area contributed by atoms with Gasteiger partial charge in [0.05, 0.1) is 19.5 Å². The van der Waals surface area contributed by atoms with Crippen LogP contribution in [-0.4, -0.2) is 52.5 Å². The second-order valence-corrected chi connectivity index (χ2v) is 7.94. The molecule has 0 aliphatic carbocycles. The van der Waals surface area contributed by atoms with E-state index in [0.29, 0.717) is 0 Å². The third kappa shape index (κ3) is 4.61. The molecule has 162 valence electrons. The fraction of sp³-hybridized carbons (Fsp3) is 0.357. The van der Waals surface area contributed by atoms with Crippen molar-refractivity contribution in [2.24, 2.45) is 0 Å². The molecule has 3 heterocycles. The number of H-pyrrole nitrogens is 2. The molecule has 0 saturated carbocycles. The Morgan fingerprint density at radius 2 is 2.03 bits per heavy atom. The van der Waals surface area contributed by atoms with Gasteiger partial charge in [0.1, 0.15) is 0 Å². The highest BCUT2D eigenvalue weighted by molar-refractivity contribution is 8.41. The zero-order valence-electron chi connectivity index (χ0n) is 15.4. The van der Waals surface area contributed by atoms with Crippen LogP contribution < -0.4 is 22.5 Å². The molecule has 3 aromatic rings. The first-order valence-corrected chi connectivity index (χ1v) is 10.7. The number of nitrogens with zero attached hydrogens (tertiary/aromatic N) is 4. The Bertz CT molecular complexity index is 1220. The van der Waals surface area contributed by atoms with Crippen LogP contribution in [0.4, 0.5) is 5.95 Å². The number of nitrogens with two attached hydrogens (primary N) is 1. The van der Waals surface area contributed by atoms with Crippen LogP contribution in [0.15, 0.2) is 26.9 Å². The number of anilines is 1. The van der Waals surface area contributed by atoms with E-state index < -0.39 is 50.1 Å². The Kier molecular flexibility index (Phi) is 6.70. The fourth-order valence-corrected chi connectivity index (χ4v) is 3.70. The molecule has 0 saturated heterocycles. The maximum Gasteiger partial charge on any atom is 0.330 e. The number of imidazole rings is 1. The Labute approximate surface area is 173 Å². The van der Waals surface area contributed by atoms with E-state index in [1.165, 1.54) is 24.0 Å². The zero-order chi connectivity index (χ0) is 22.0. The van der Waals surface area contributed by atoms with Gasteiger partial charge in [-0.1, -0.05) is 12.2 Å². The van der Waals surface area contributed by atoms with Gasteiger partial charge >= 0.3 is 5.69 Å². The molecule has 0 bridgehead atoms. The molecule has 3 rings (SSSR count). The van der Waals surface area contributed by atoms with Crippen LogP contribution in [0.2, 0.25) is 0 Å². The second-order valence-electron chi connectivity index (χ2n) is 6.01. The minimum Gasteiger partial charge on any atom is -0.392 e. The van der Waals surface area contributed by atoms with Gasteiger partial charge < -0.3 is 20.5 Å². The molecule has 3 atom stereocenters. The van der Waals surface area contributed by atoms with E-state index in [2.05, 4.69) is 32.2 Å². The molecule has 14 nitrogen and oxygen atoms in total. The molecule has 0 aliphatic rings. The number of aromatic nitrogens is 6. The van der Waals surface area contributed by atoms with Crippen LogP contribution in [0, 0.1) is 6.92 Å². The van der Waals surface area contributed by atoms with Gasteiger partial charge in [0.15, 0.2) is 23.6 Å². The minimum absolute atomic E-state index is 0.00102. The maximum absolute atomic E-state index is 11.9. The van der Waals surface area contributed by atoms with Crippen molar-refractivity contribution in [1.29, 1.82) is 0 Å². The number of rotatable bonds is 8. The second kappa shape index (κ2) is 9.07. The van der Waals surface area contributed by atoms with E-state index >= 15 is 0 Å². The van der Waals surface area contributed by atoms with E-state index in [-0.39, 0.29) is 22.7 Å². The van der Waals surface area contributed by atoms with Crippen LogP contribution in [0.1, 0.15) is 18.0 Å². The molecular formula is C14H18N7O7PS. The van der Waals surface area contributed by atoms with E-state index in [9.17, 15) is 24.6 Å². The maximum atomic E-state index is 11.9. The summed E-state index contributed by atoms with van der Waals surface area (Å²) in [5.74, 6) is -0.139. The van der Waals surface area contributed by atoms with Crippen molar-refractivity contribution in [2.45, 2.75) is 19.4 Å². The van der Waals surface area contributed by atoms with Crippen molar-refractivity contribution >= 4 is 36.9 Å². The number of aliphatic hydroxyl groups is 2. The predicted molar refractivity (Wildman–Crippen MR) is 109 cm³/mol. The van der Waals surface area contributed by atoms with Gasteiger partial charge in [0.25, 0.3) is 11.1 Å². The largest absolute Gasteiger partial charge is 0.392 e. The first-order valence-electron chi connectivity index (χ1n) is 8.33. The van der Waals surface area contributed by atoms with Crippen LogP contribution in [0.3, 0.4) is 0 Å². The molecule has 0 spiro atoms. The summed E-state index contributed by atoms with van der Waals surface area (Å²) < 4.78 is 13.0. The summed E-state index contributed by atoms with van der Waals surface area (Å²) >= 11 is 4.15. The highest BCUT2D eigenvalue weighted by Gasteiger charge is 2.22. The molecule has 0 radical (unpaired) electrons. The molecule has 0 aliphatic heterocycles. The first-order chi connectivity index (χ1) is 14.2. The van der Waals surface area contributed by atoms with Crippen molar-refractivity contribution in [3.63, 3.8) is 0 Å². The van der Waals surface area contributed by atoms with Crippen molar-refractivity contribution in [3.8, 4) is 0 Å². The lowest BCUT2D eigenvalue weighted by Crippen LogP contribution is -2.34. The summed E-state index contributed by atoms with van der Waals surface area (Å²) in [7, 11) is -1.95. The number of hydrogen-bond donors (Lipinski definition) is 6. The number of nitrogen functional groups attached to an aromatic ring is 1. The van der Waals surface area contributed by atoms with Crippen molar-refractivity contribution in [3.05, 3.63) is 49.3 Å². The zero-order valence-corrected chi connectivity index (χ0v) is 17.2. The molecule has 0 aromatic carbocycles. The van der Waals surface area contributed by atoms with Gasteiger partial charge in [-0.3, -0.25) is 33.2 Å². The van der Waals surface area contributed by atoms with Gasteiger partial charge in [-0.15, -0.1) is 0 Å². The number of aromatic amines is 2. The number of aliphatic hydroxyl groups excluding tert-OH is 2. The summed E-state index contributed by atoms with van der Waals surface area (Å²) in [6.07, 6.45) is -0.0572.